The molecule has 1 aliphatic rings. The van der Waals surface area contributed by atoms with Crippen LogP contribution >= 0.6 is 0 Å². The van der Waals surface area contributed by atoms with Crippen LogP contribution in [0.3, 0.4) is 0 Å². The summed E-state index contributed by atoms with van der Waals surface area (Å²) in [5.74, 6) is 0.0763. The standard InChI is InChI=1S/C13H18FN3O2/c1-9-4-5-16(11(6-9)8-15)13-7-10(14)2-3-12(13)17(18)19/h2-3,7,9,11H,4-6,8,15H2,1H3. The van der Waals surface area contributed by atoms with E-state index in [1.54, 1.807) is 0 Å². The Kier molecular flexibility index (Phi) is 3.99. The predicted molar refractivity (Wildman–Crippen MR) is 71.6 cm³/mol. The summed E-state index contributed by atoms with van der Waals surface area (Å²) in [5, 5.41) is 11.1. The van der Waals surface area contributed by atoms with Gasteiger partial charge in [0.2, 0.25) is 0 Å². The SMILES string of the molecule is CC1CCN(c2cc(F)ccc2[N+](=O)[O-])C(CN)C1. The van der Waals surface area contributed by atoms with E-state index in [2.05, 4.69) is 6.92 Å². The molecule has 0 radical (unpaired) electrons. The van der Waals surface area contributed by atoms with Gasteiger partial charge in [-0.1, -0.05) is 6.92 Å². The second-order valence-electron chi connectivity index (χ2n) is 5.10. The summed E-state index contributed by atoms with van der Waals surface area (Å²) in [7, 11) is 0. The summed E-state index contributed by atoms with van der Waals surface area (Å²) in [5.41, 5.74) is 6.03. The molecule has 5 nitrogen and oxygen atoms in total. The van der Waals surface area contributed by atoms with Gasteiger partial charge in [0.25, 0.3) is 5.69 Å². The maximum absolute atomic E-state index is 13.4. The van der Waals surface area contributed by atoms with Crippen molar-refractivity contribution in [3.05, 3.63) is 34.1 Å². The Hall–Kier alpha value is -1.69. The van der Waals surface area contributed by atoms with Gasteiger partial charge in [-0.25, -0.2) is 4.39 Å². The molecule has 1 heterocycles. The minimum atomic E-state index is -0.472. The molecule has 0 aliphatic carbocycles. The first kappa shape index (κ1) is 13.7. The topological polar surface area (TPSA) is 72.4 Å². The summed E-state index contributed by atoms with van der Waals surface area (Å²) in [6.45, 7) is 3.23. The fraction of sp³-hybridized carbons (Fsp3) is 0.538. The van der Waals surface area contributed by atoms with Crippen LogP contribution in [0.15, 0.2) is 18.2 Å². The third-order valence-corrected chi connectivity index (χ3v) is 3.69. The van der Waals surface area contributed by atoms with Crippen molar-refractivity contribution >= 4 is 11.4 Å². The van der Waals surface area contributed by atoms with E-state index in [0.29, 0.717) is 24.7 Å². The van der Waals surface area contributed by atoms with E-state index in [4.69, 9.17) is 5.73 Å². The van der Waals surface area contributed by atoms with Gasteiger partial charge in [-0.2, -0.15) is 0 Å². The second kappa shape index (κ2) is 5.52. The molecule has 1 fully saturated rings. The van der Waals surface area contributed by atoms with Crippen LogP contribution in [0.25, 0.3) is 0 Å². The number of piperidine rings is 1. The summed E-state index contributed by atoms with van der Waals surface area (Å²) in [6.07, 6.45) is 1.81. The zero-order chi connectivity index (χ0) is 14.0. The molecule has 0 saturated carbocycles. The Morgan fingerprint density at radius 3 is 2.95 bits per heavy atom. The van der Waals surface area contributed by atoms with E-state index in [0.717, 1.165) is 18.9 Å². The van der Waals surface area contributed by atoms with Crippen LogP contribution < -0.4 is 10.6 Å². The Labute approximate surface area is 111 Å². The van der Waals surface area contributed by atoms with Crippen molar-refractivity contribution in [2.24, 2.45) is 11.7 Å². The second-order valence-corrected chi connectivity index (χ2v) is 5.10. The number of nitro groups is 1. The molecule has 2 atom stereocenters. The van der Waals surface area contributed by atoms with Crippen molar-refractivity contribution in [2.75, 3.05) is 18.0 Å². The molecule has 1 aromatic carbocycles. The fourth-order valence-corrected chi connectivity index (χ4v) is 2.67. The lowest BCUT2D eigenvalue weighted by molar-refractivity contribution is -0.384. The lowest BCUT2D eigenvalue weighted by Gasteiger charge is -2.39. The zero-order valence-corrected chi connectivity index (χ0v) is 10.9. The first-order valence-electron chi connectivity index (χ1n) is 6.43. The average Bonchev–Trinajstić information content (AvgIpc) is 2.38. The van der Waals surface area contributed by atoms with Gasteiger partial charge in [0.1, 0.15) is 11.5 Å². The largest absolute Gasteiger partial charge is 0.362 e. The van der Waals surface area contributed by atoms with Crippen molar-refractivity contribution in [2.45, 2.75) is 25.8 Å². The van der Waals surface area contributed by atoms with Crippen LogP contribution in [-0.4, -0.2) is 24.1 Å². The lowest BCUT2D eigenvalue weighted by atomic mass is 9.92. The molecule has 0 bridgehead atoms. The van der Waals surface area contributed by atoms with Crippen molar-refractivity contribution in [3.8, 4) is 0 Å². The molecule has 6 heteroatoms. The van der Waals surface area contributed by atoms with E-state index in [9.17, 15) is 14.5 Å². The van der Waals surface area contributed by atoms with Gasteiger partial charge in [0.05, 0.1) is 4.92 Å². The predicted octanol–water partition coefficient (Wildman–Crippen LogP) is 2.30. The van der Waals surface area contributed by atoms with E-state index < -0.39 is 10.7 Å². The number of benzene rings is 1. The van der Waals surface area contributed by atoms with E-state index in [1.165, 1.54) is 12.1 Å². The Bertz CT molecular complexity index is 481. The molecule has 0 aromatic heterocycles. The average molecular weight is 267 g/mol. The van der Waals surface area contributed by atoms with E-state index in [-0.39, 0.29) is 11.7 Å². The maximum Gasteiger partial charge on any atom is 0.292 e. The van der Waals surface area contributed by atoms with Gasteiger partial charge < -0.3 is 10.6 Å². The fourth-order valence-electron chi connectivity index (χ4n) is 2.67. The minimum Gasteiger partial charge on any atom is -0.362 e. The summed E-state index contributed by atoms with van der Waals surface area (Å²) in [4.78, 5) is 12.5. The van der Waals surface area contributed by atoms with Gasteiger partial charge in [0, 0.05) is 31.3 Å². The quantitative estimate of drug-likeness (QED) is 0.673. The van der Waals surface area contributed by atoms with Crippen molar-refractivity contribution in [3.63, 3.8) is 0 Å². The molecule has 19 heavy (non-hydrogen) atoms. The summed E-state index contributed by atoms with van der Waals surface area (Å²) in [6, 6.07) is 3.60. The van der Waals surface area contributed by atoms with Gasteiger partial charge in [0.15, 0.2) is 0 Å². The number of nitro benzene ring substituents is 1. The number of nitrogens with zero attached hydrogens (tertiary/aromatic N) is 2. The van der Waals surface area contributed by atoms with Crippen LogP contribution in [0, 0.1) is 21.8 Å². The normalized spacial score (nSPS) is 23.4. The third-order valence-electron chi connectivity index (χ3n) is 3.69. The van der Waals surface area contributed by atoms with Crippen LogP contribution in [-0.2, 0) is 0 Å². The highest BCUT2D eigenvalue weighted by Crippen LogP contribution is 2.34. The zero-order valence-electron chi connectivity index (χ0n) is 10.9. The number of anilines is 1. The van der Waals surface area contributed by atoms with E-state index >= 15 is 0 Å². The molecule has 0 amide bonds. The van der Waals surface area contributed by atoms with Crippen LogP contribution in [0.5, 0.6) is 0 Å². The Morgan fingerprint density at radius 1 is 1.58 bits per heavy atom. The summed E-state index contributed by atoms with van der Waals surface area (Å²) >= 11 is 0. The molecular weight excluding hydrogens is 249 g/mol. The van der Waals surface area contributed by atoms with Crippen LogP contribution in [0.2, 0.25) is 0 Å². The van der Waals surface area contributed by atoms with Gasteiger partial charge in [-0.3, -0.25) is 10.1 Å². The van der Waals surface area contributed by atoms with Crippen LogP contribution in [0.1, 0.15) is 19.8 Å². The first-order chi connectivity index (χ1) is 9.02. The highest BCUT2D eigenvalue weighted by molar-refractivity contribution is 5.64. The molecule has 1 saturated heterocycles. The summed E-state index contributed by atoms with van der Waals surface area (Å²) < 4.78 is 13.4. The number of halogens is 1. The van der Waals surface area contributed by atoms with Crippen molar-refractivity contribution < 1.29 is 9.31 Å². The molecule has 1 aliphatic heterocycles. The Morgan fingerprint density at radius 2 is 2.32 bits per heavy atom. The highest BCUT2D eigenvalue weighted by Gasteiger charge is 2.30. The molecule has 1 aromatic rings. The molecular formula is C13H18FN3O2. The number of hydrogen-bond acceptors (Lipinski definition) is 4. The first-order valence-corrected chi connectivity index (χ1v) is 6.43. The molecule has 0 spiro atoms. The molecule has 2 unspecified atom stereocenters. The Balaban J connectivity index is 2.39. The third kappa shape index (κ3) is 2.84. The van der Waals surface area contributed by atoms with Gasteiger partial charge in [-0.05, 0) is 24.8 Å². The smallest absolute Gasteiger partial charge is 0.292 e. The number of nitrogens with two attached hydrogens (primary N) is 1. The lowest BCUT2D eigenvalue weighted by Crippen LogP contribution is -2.46. The van der Waals surface area contributed by atoms with E-state index in [1.807, 2.05) is 4.90 Å². The van der Waals surface area contributed by atoms with Crippen molar-refractivity contribution in [1.82, 2.24) is 0 Å². The highest BCUT2D eigenvalue weighted by atomic mass is 19.1. The molecule has 2 N–H and O–H groups in total. The van der Waals surface area contributed by atoms with Crippen molar-refractivity contribution in [1.29, 1.82) is 0 Å². The van der Waals surface area contributed by atoms with Crippen LogP contribution in [0.4, 0.5) is 15.8 Å². The number of hydrogen-bond donors (Lipinski definition) is 1. The molecule has 2 rings (SSSR count). The number of rotatable bonds is 3. The maximum atomic E-state index is 13.4. The minimum absolute atomic E-state index is 0.0317. The monoisotopic (exact) mass is 267 g/mol. The van der Waals surface area contributed by atoms with Gasteiger partial charge in [-0.15, -0.1) is 0 Å². The van der Waals surface area contributed by atoms with Gasteiger partial charge >= 0.3 is 0 Å². The molecule has 104 valence electrons.